The molecule has 0 aliphatic carbocycles. The van der Waals surface area contributed by atoms with E-state index in [0.29, 0.717) is 27.6 Å². The molecule has 0 aliphatic rings. The molecule has 0 radical (unpaired) electrons. The minimum atomic E-state index is -0.922. The maximum absolute atomic E-state index is 12.5. The van der Waals surface area contributed by atoms with Gasteiger partial charge in [-0.3, -0.25) is 4.79 Å². The summed E-state index contributed by atoms with van der Waals surface area (Å²) in [6.45, 7) is 1.72. The van der Waals surface area contributed by atoms with Gasteiger partial charge in [0, 0.05) is 20.7 Å². The SMILES string of the molecule is Cc1cc(Br)cc(Br)c1OCC(=O)Nc1ccc(Cl)cc1[C@H](O)c1ccccc1. The zero-order valence-corrected chi connectivity index (χ0v) is 19.4. The highest BCUT2D eigenvalue weighted by Gasteiger charge is 2.17. The lowest BCUT2D eigenvalue weighted by molar-refractivity contribution is -0.118. The molecule has 3 aromatic rings. The number of aliphatic hydroxyl groups is 1. The number of rotatable bonds is 6. The lowest BCUT2D eigenvalue weighted by Crippen LogP contribution is -2.21. The van der Waals surface area contributed by atoms with Crippen molar-refractivity contribution in [3.63, 3.8) is 0 Å². The number of aliphatic hydroxyl groups excluding tert-OH is 1. The van der Waals surface area contributed by atoms with Gasteiger partial charge in [0.1, 0.15) is 11.9 Å². The first-order valence-corrected chi connectivity index (χ1v) is 10.7. The van der Waals surface area contributed by atoms with Crippen LogP contribution in [0.4, 0.5) is 5.69 Å². The molecule has 0 unspecified atom stereocenters. The summed E-state index contributed by atoms with van der Waals surface area (Å²) in [4.78, 5) is 12.5. The van der Waals surface area contributed by atoms with Gasteiger partial charge in [0.2, 0.25) is 0 Å². The van der Waals surface area contributed by atoms with Gasteiger partial charge >= 0.3 is 0 Å². The van der Waals surface area contributed by atoms with Gasteiger partial charge in [0.15, 0.2) is 6.61 Å². The molecule has 3 rings (SSSR count). The summed E-state index contributed by atoms with van der Waals surface area (Å²) < 4.78 is 7.37. The monoisotopic (exact) mass is 537 g/mol. The first-order chi connectivity index (χ1) is 13.8. The largest absolute Gasteiger partial charge is 0.482 e. The summed E-state index contributed by atoms with van der Waals surface area (Å²) in [5.41, 5.74) is 2.59. The van der Waals surface area contributed by atoms with E-state index in [9.17, 15) is 9.90 Å². The topological polar surface area (TPSA) is 58.6 Å². The molecule has 3 aromatic carbocycles. The Morgan fingerprint density at radius 1 is 1.14 bits per heavy atom. The van der Waals surface area contributed by atoms with Crippen LogP contribution in [0.25, 0.3) is 0 Å². The van der Waals surface area contributed by atoms with Gasteiger partial charge in [-0.05, 0) is 64.3 Å². The third-order valence-corrected chi connectivity index (χ3v) is 5.52. The third kappa shape index (κ3) is 5.60. The fraction of sp³-hybridized carbons (Fsp3) is 0.136. The molecule has 0 saturated heterocycles. The quantitative estimate of drug-likeness (QED) is 0.388. The number of hydrogen-bond acceptors (Lipinski definition) is 3. The summed E-state index contributed by atoms with van der Waals surface area (Å²) in [7, 11) is 0. The fourth-order valence-corrected chi connectivity index (χ4v) is 4.62. The van der Waals surface area contributed by atoms with E-state index in [1.54, 1.807) is 18.2 Å². The number of carbonyl (C=O) groups is 1. The van der Waals surface area contributed by atoms with Crippen LogP contribution in [0.3, 0.4) is 0 Å². The molecule has 0 saturated carbocycles. The summed E-state index contributed by atoms with van der Waals surface area (Å²) in [5, 5.41) is 14.0. The summed E-state index contributed by atoms with van der Waals surface area (Å²) in [6.07, 6.45) is -0.922. The smallest absolute Gasteiger partial charge is 0.262 e. The Hall–Kier alpha value is -1.86. The molecule has 1 amide bonds. The predicted octanol–water partition coefficient (Wildman–Crippen LogP) is 6.27. The van der Waals surface area contributed by atoms with Gasteiger partial charge in [-0.2, -0.15) is 0 Å². The van der Waals surface area contributed by atoms with Gasteiger partial charge in [0.05, 0.1) is 4.47 Å². The van der Waals surface area contributed by atoms with Crippen LogP contribution in [0.5, 0.6) is 5.75 Å². The van der Waals surface area contributed by atoms with Gasteiger partial charge in [-0.1, -0.05) is 57.9 Å². The highest BCUT2D eigenvalue weighted by atomic mass is 79.9. The van der Waals surface area contributed by atoms with Crippen LogP contribution in [0.15, 0.2) is 69.6 Å². The van der Waals surface area contributed by atoms with Crippen molar-refractivity contribution < 1.29 is 14.6 Å². The molecule has 0 aliphatic heterocycles. The third-order valence-electron chi connectivity index (χ3n) is 4.24. The average molecular weight is 540 g/mol. The number of anilines is 1. The van der Waals surface area contributed by atoms with Crippen molar-refractivity contribution in [1.82, 2.24) is 0 Å². The van der Waals surface area contributed by atoms with E-state index in [-0.39, 0.29) is 12.5 Å². The van der Waals surface area contributed by atoms with Gasteiger partial charge < -0.3 is 15.2 Å². The molecule has 0 spiro atoms. The number of benzene rings is 3. The number of carbonyl (C=O) groups excluding carboxylic acids is 1. The van der Waals surface area contributed by atoms with E-state index in [4.69, 9.17) is 16.3 Å². The van der Waals surface area contributed by atoms with Crippen LogP contribution in [0.2, 0.25) is 5.02 Å². The van der Waals surface area contributed by atoms with Crippen LogP contribution in [0.1, 0.15) is 22.8 Å². The number of halogens is 3. The van der Waals surface area contributed by atoms with Crippen LogP contribution >= 0.6 is 43.5 Å². The molecule has 0 aromatic heterocycles. The Kier molecular flexibility index (Phi) is 7.35. The second kappa shape index (κ2) is 9.76. The fourth-order valence-electron chi connectivity index (χ4n) is 2.88. The summed E-state index contributed by atoms with van der Waals surface area (Å²) in [6, 6.07) is 17.9. The summed E-state index contributed by atoms with van der Waals surface area (Å²) in [5.74, 6) is 0.257. The second-order valence-electron chi connectivity index (χ2n) is 6.42. The zero-order valence-electron chi connectivity index (χ0n) is 15.5. The molecule has 7 heteroatoms. The number of aryl methyl sites for hydroxylation is 1. The van der Waals surface area contributed by atoms with E-state index in [2.05, 4.69) is 37.2 Å². The second-order valence-corrected chi connectivity index (χ2v) is 8.62. The molecular formula is C22H18Br2ClNO3. The normalized spacial score (nSPS) is 11.8. The van der Waals surface area contributed by atoms with E-state index in [0.717, 1.165) is 14.5 Å². The van der Waals surface area contributed by atoms with Crippen LogP contribution in [0, 0.1) is 6.92 Å². The Morgan fingerprint density at radius 3 is 2.55 bits per heavy atom. The number of nitrogens with one attached hydrogen (secondary N) is 1. The minimum Gasteiger partial charge on any atom is -0.482 e. The average Bonchev–Trinajstić information content (AvgIpc) is 2.68. The van der Waals surface area contributed by atoms with Crippen LogP contribution in [-0.2, 0) is 4.79 Å². The maximum atomic E-state index is 12.5. The number of amides is 1. The van der Waals surface area contributed by atoms with Gasteiger partial charge in [0.25, 0.3) is 5.91 Å². The van der Waals surface area contributed by atoms with E-state index in [1.165, 1.54) is 0 Å². The zero-order chi connectivity index (χ0) is 21.0. The highest BCUT2D eigenvalue weighted by Crippen LogP contribution is 2.33. The van der Waals surface area contributed by atoms with Crippen molar-refractivity contribution in [2.75, 3.05) is 11.9 Å². The van der Waals surface area contributed by atoms with Crippen molar-refractivity contribution in [2.24, 2.45) is 0 Å². The molecule has 0 heterocycles. The minimum absolute atomic E-state index is 0.176. The highest BCUT2D eigenvalue weighted by molar-refractivity contribution is 9.11. The van der Waals surface area contributed by atoms with Crippen molar-refractivity contribution in [3.05, 3.63) is 91.3 Å². The van der Waals surface area contributed by atoms with Crippen molar-refractivity contribution in [1.29, 1.82) is 0 Å². The van der Waals surface area contributed by atoms with Crippen molar-refractivity contribution in [3.8, 4) is 5.75 Å². The standard InChI is InChI=1S/C22H18Br2ClNO3/c1-13-9-15(23)10-18(24)22(13)29-12-20(27)26-19-8-7-16(25)11-17(19)21(28)14-5-3-2-4-6-14/h2-11,21,28H,12H2,1H3,(H,26,27)/t21-/m1/s1. The lowest BCUT2D eigenvalue weighted by atomic mass is 10.00. The maximum Gasteiger partial charge on any atom is 0.262 e. The Bertz CT molecular complexity index is 1000. The van der Waals surface area contributed by atoms with Crippen molar-refractivity contribution in [2.45, 2.75) is 13.0 Å². The Labute approximate surface area is 191 Å². The molecule has 0 fully saturated rings. The number of hydrogen-bond donors (Lipinski definition) is 2. The first kappa shape index (κ1) is 21.8. The molecule has 150 valence electrons. The van der Waals surface area contributed by atoms with Crippen LogP contribution in [-0.4, -0.2) is 17.6 Å². The molecule has 0 bridgehead atoms. The van der Waals surface area contributed by atoms with E-state index >= 15 is 0 Å². The molecule has 4 nitrogen and oxygen atoms in total. The molecule has 2 N–H and O–H groups in total. The van der Waals surface area contributed by atoms with Crippen molar-refractivity contribution >= 4 is 55.1 Å². The first-order valence-electron chi connectivity index (χ1n) is 8.76. The van der Waals surface area contributed by atoms with E-state index in [1.807, 2.05) is 49.4 Å². The van der Waals surface area contributed by atoms with Crippen LogP contribution < -0.4 is 10.1 Å². The summed E-state index contributed by atoms with van der Waals surface area (Å²) >= 11 is 13.0. The van der Waals surface area contributed by atoms with Gasteiger partial charge in [-0.15, -0.1) is 0 Å². The Morgan fingerprint density at radius 2 is 1.86 bits per heavy atom. The molecule has 29 heavy (non-hydrogen) atoms. The molecular weight excluding hydrogens is 522 g/mol. The lowest BCUT2D eigenvalue weighted by Gasteiger charge is -2.18. The predicted molar refractivity (Wildman–Crippen MR) is 123 cm³/mol. The number of ether oxygens (including phenoxy) is 1. The Balaban J connectivity index is 1.76. The van der Waals surface area contributed by atoms with Gasteiger partial charge in [-0.25, -0.2) is 0 Å². The molecule has 1 atom stereocenters. The van der Waals surface area contributed by atoms with E-state index < -0.39 is 6.10 Å².